The summed E-state index contributed by atoms with van der Waals surface area (Å²) in [5.74, 6) is -0.145. The molecule has 0 saturated heterocycles. The monoisotopic (exact) mass is 501 g/mol. The molecule has 31 heavy (non-hydrogen) atoms. The van der Waals surface area contributed by atoms with Crippen molar-refractivity contribution in [2.24, 2.45) is 5.92 Å². The van der Waals surface area contributed by atoms with Gasteiger partial charge < -0.3 is 0 Å². The predicted octanol–water partition coefficient (Wildman–Crippen LogP) is 4.60. The van der Waals surface area contributed by atoms with Crippen LogP contribution in [0.2, 0.25) is 4.34 Å². The van der Waals surface area contributed by atoms with Gasteiger partial charge in [-0.05, 0) is 43.2 Å². The van der Waals surface area contributed by atoms with Gasteiger partial charge in [0.05, 0.1) is 27.2 Å². The van der Waals surface area contributed by atoms with Crippen LogP contribution in [0.5, 0.6) is 0 Å². The Balaban J connectivity index is 2.08. The standard InChI is InChI=1S/C20H24ClN3O4S3/c1-4-15(5-2)20(23-30(25,26)19-11-10-18(21)29-19)17-12-13-22-24(17)31(27,28)16-8-6-14(3)7-9-16/h6-13,15,20,23H,4-5H2,1-3H3. The lowest BCUT2D eigenvalue weighted by molar-refractivity contribution is 0.368. The first-order valence-electron chi connectivity index (χ1n) is 9.74. The van der Waals surface area contributed by atoms with Crippen LogP contribution in [-0.4, -0.2) is 26.0 Å². The maximum absolute atomic E-state index is 13.3. The largest absolute Gasteiger partial charge is 0.283 e. The molecule has 1 aromatic carbocycles. The van der Waals surface area contributed by atoms with Gasteiger partial charge in [-0.3, -0.25) is 0 Å². The Labute approximate surface area is 192 Å². The van der Waals surface area contributed by atoms with E-state index in [2.05, 4.69) is 9.82 Å². The van der Waals surface area contributed by atoms with Crippen molar-refractivity contribution in [3.63, 3.8) is 0 Å². The molecule has 1 N–H and O–H groups in total. The summed E-state index contributed by atoms with van der Waals surface area (Å²) < 4.78 is 56.6. The number of nitrogens with one attached hydrogen (secondary N) is 1. The Morgan fingerprint density at radius 2 is 1.68 bits per heavy atom. The van der Waals surface area contributed by atoms with E-state index in [1.807, 2.05) is 20.8 Å². The molecule has 0 bridgehead atoms. The Hall–Kier alpha value is -1.72. The summed E-state index contributed by atoms with van der Waals surface area (Å²) in [5, 5.41) is 4.04. The lowest BCUT2D eigenvalue weighted by Crippen LogP contribution is -2.35. The summed E-state index contributed by atoms with van der Waals surface area (Å²) in [7, 11) is -7.92. The number of benzene rings is 1. The SMILES string of the molecule is CCC(CC)C(NS(=O)(=O)c1ccc(Cl)s1)c1ccnn1S(=O)(=O)c1ccc(C)cc1. The van der Waals surface area contributed by atoms with Crippen LogP contribution in [-0.2, 0) is 20.0 Å². The molecule has 168 valence electrons. The highest BCUT2D eigenvalue weighted by Gasteiger charge is 2.33. The van der Waals surface area contributed by atoms with E-state index in [1.165, 1.54) is 30.5 Å². The second kappa shape index (κ2) is 9.41. The normalized spacial score (nSPS) is 13.6. The number of hydrogen-bond acceptors (Lipinski definition) is 6. The van der Waals surface area contributed by atoms with Crippen molar-refractivity contribution in [3.05, 3.63) is 64.3 Å². The minimum absolute atomic E-state index is 0.0703. The fraction of sp³-hybridized carbons (Fsp3) is 0.350. The molecule has 0 aliphatic carbocycles. The van der Waals surface area contributed by atoms with E-state index in [0.29, 0.717) is 17.2 Å². The smallest absolute Gasteiger partial charge is 0.206 e. The van der Waals surface area contributed by atoms with Crippen molar-refractivity contribution >= 4 is 43.0 Å². The zero-order valence-electron chi connectivity index (χ0n) is 17.3. The van der Waals surface area contributed by atoms with E-state index in [9.17, 15) is 16.8 Å². The van der Waals surface area contributed by atoms with Crippen LogP contribution < -0.4 is 4.72 Å². The molecule has 7 nitrogen and oxygen atoms in total. The molecule has 0 saturated carbocycles. The molecule has 0 aliphatic rings. The van der Waals surface area contributed by atoms with Crippen LogP contribution in [0.4, 0.5) is 0 Å². The number of aryl methyl sites for hydroxylation is 1. The van der Waals surface area contributed by atoms with E-state index in [0.717, 1.165) is 21.0 Å². The number of sulfonamides is 1. The van der Waals surface area contributed by atoms with Crippen molar-refractivity contribution in [2.75, 3.05) is 0 Å². The topological polar surface area (TPSA) is 98.1 Å². The summed E-state index contributed by atoms with van der Waals surface area (Å²) in [6, 6.07) is 10.1. The molecule has 11 heteroatoms. The maximum Gasteiger partial charge on any atom is 0.283 e. The zero-order valence-corrected chi connectivity index (χ0v) is 20.5. The molecular weight excluding hydrogens is 478 g/mol. The van der Waals surface area contributed by atoms with Gasteiger partial charge in [-0.2, -0.15) is 17.6 Å². The van der Waals surface area contributed by atoms with Crippen LogP contribution in [0.1, 0.15) is 44.0 Å². The first-order chi connectivity index (χ1) is 14.6. The molecule has 0 amide bonds. The molecule has 0 fully saturated rings. The third-order valence-electron chi connectivity index (χ3n) is 5.12. The quantitative estimate of drug-likeness (QED) is 0.462. The van der Waals surface area contributed by atoms with Crippen molar-refractivity contribution in [2.45, 2.75) is 48.8 Å². The predicted molar refractivity (Wildman–Crippen MR) is 122 cm³/mol. The Kier molecular flexibility index (Phi) is 7.27. The van der Waals surface area contributed by atoms with Crippen molar-refractivity contribution in [1.29, 1.82) is 0 Å². The van der Waals surface area contributed by atoms with Crippen LogP contribution in [0, 0.1) is 12.8 Å². The van der Waals surface area contributed by atoms with Crippen LogP contribution in [0.25, 0.3) is 0 Å². The molecule has 2 aromatic heterocycles. The van der Waals surface area contributed by atoms with Gasteiger partial charge in [0, 0.05) is 0 Å². The molecule has 1 atom stereocenters. The second-order valence-corrected chi connectivity index (χ2v) is 12.6. The maximum atomic E-state index is 13.3. The molecule has 1 unspecified atom stereocenters. The first-order valence-corrected chi connectivity index (χ1v) is 13.9. The minimum atomic E-state index is -4.00. The fourth-order valence-electron chi connectivity index (χ4n) is 3.36. The summed E-state index contributed by atoms with van der Waals surface area (Å²) in [6.07, 6.45) is 2.65. The van der Waals surface area contributed by atoms with E-state index >= 15 is 0 Å². The highest BCUT2D eigenvalue weighted by molar-refractivity contribution is 7.91. The van der Waals surface area contributed by atoms with Gasteiger partial charge in [0.2, 0.25) is 0 Å². The number of hydrogen-bond donors (Lipinski definition) is 1. The summed E-state index contributed by atoms with van der Waals surface area (Å²) in [6.45, 7) is 5.74. The fourth-order valence-corrected chi connectivity index (χ4v) is 7.45. The third kappa shape index (κ3) is 5.04. The molecule has 0 aliphatic heterocycles. The molecule has 3 aromatic rings. The number of rotatable bonds is 9. The number of halogens is 1. The zero-order chi connectivity index (χ0) is 22.8. The van der Waals surface area contributed by atoms with Gasteiger partial charge in [0.1, 0.15) is 4.21 Å². The third-order valence-corrected chi connectivity index (χ3v) is 9.91. The van der Waals surface area contributed by atoms with Crippen LogP contribution >= 0.6 is 22.9 Å². The van der Waals surface area contributed by atoms with Gasteiger partial charge in [-0.15, -0.1) is 11.3 Å². The lowest BCUT2D eigenvalue weighted by Gasteiger charge is -2.26. The lowest BCUT2D eigenvalue weighted by atomic mass is 9.93. The number of nitrogens with zero attached hydrogens (tertiary/aromatic N) is 2. The van der Waals surface area contributed by atoms with E-state index in [-0.39, 0.29) is 20.7 Å². The summed E-state index contributed by atoms with van der Waals surface area (Å²) in [4.78, 5) is 0.0826. The highest BCUT2D eigenvalue weighted by Crippen LogP contribution is 2.33. The average Bonchev–Trinajstić information content (AvgIpc) is 3.38. The molecule has 0 radical (unpaired) electrons. The summed E-state index contributed by atoms with van der Waals surface area (Å²) in [5.41, 5.74) is 1.19. The molecule has 0 spiro atoms. The van der Waals surface area contributed by atoms with Crippen molar-refractivity contribution in [3.8, 4) is 0 Å². The number of aromatic nitrogens is 2. The van der Waals surface area contributed by atoms with Crippen LogP contribution in [0.3, 0.4) is 0 Å². The van der Waals surface area contributed by atoms with Crippen LogP contribution in [0.15, 0.2) is 57.8 Å². The van der Waals surface area contributed by atoms with Gasteiger partial charge >= 0.3 is 0 Å². The van der Waals surface area contributed by atoms with Gasteiger partial charge in [0.15, 0.2) is 0 Å². The molecule has 2 heterocycles. The Bertz CT molecular complexity index is 1240. The van der Waals surface area contributed by atoms with E-state index in [4.69, 9.17) is 11.6 Å². The van der Waals surface area contributed by atoms with Gasteiger partial charge in [0.25, 0.3) is 20.0 Å². The van der Waals surface area contributed by atoms with Gasteiger partial charge in [-0.25, -0.2) is 13.1 Å². The van der Waals surface area contributed by atoms with Crippen molar-refractivity contribution < 1.29 is 16.8 Å². The average molecular weight is 502 g/mol. The highest BCUT2D eigenvalue weighted by atomic mass is 35.5. The van der Waals surface area contributed by atoms with Gasteiger partial charge in [-0.1, -0.05) is 56.0 Å². The second-order valence-electron chi connectivity index (χ2n) is 7.15. The minimum Gasteiger partial charge on any atom is -0.206 e. The Morgan fingerprint density at radius 3 is 2.23 bits per heavy atom. The summed E-state index contributed by atoms with van der Waals surface area (Å²) >= 11 is 6.86. The van der Waals surface area contributed by atoms with E-state index in [1.54, 1.807) is 18.2 Å². The first kappa shape index (κ1) is 23.9. The Morgan fingerprint density at radius 1 is 1.03 bits per heavy atom. The number of thiophene rings is 1. The molecular formula is C20H24ClN3O4S3. The molecule has 3 rings (SSSR count). The van der Waals surface area contributed by atoms with E-state index < -0.39 is 26.1 Å². The van der Waals surface area contributed by atoms with Crippen molar-refractivity contribution in [1.82, 2.24) is 13.9 Å².